The van der Waals surface area contributed by atoms with Gasteiger partial charge in [0.2, 0.25) is 0 Å². The molecular weight excluding hydrogens is 457 g/mol. The van der Waals surface area contributed by atoms with E-state index in [4.69, 9.17) is 9.57 Å². The van der Waals surface area contributed by atoms with E-state index in [0.717, 1.165) is 33.7 Å². The summed E-state index contributed by atoms with van der Waals surface area (Å²) in [4.78, 5) is 19.3. The Balaban J connectivity index is 1.63. The minimum Gasteiger partial charge on any atom is -0.496 e. The summed E-state index contributed by atoms with van der Waals surface area (Å²) in [6.45, 7) is 8.14. The molecule has 2 aromatic carbocycles. The van der Waals surface area contributed by atoms with Crippen molar-refractivity contribution < 1.29 is 18.8 Å². The number of halogens is 1. The van der Waals surface area contributed by atoms with Gasteiger partial charge in [0.1, 0.15) is 11.6 Å². The van der Waals surface area contributed by atoms with Gasteiger partial charge in [-0.15, -0.1) is 0 Å². The van der Waals surface area contributed by atoms with Crippen molar-refractivity contribution in [2.24, 2.45) is 5.16 Å². The van der Waals surface area contributed by atoms with Crippen LogP contribution in [-0.2, 0) is 4.84 Å². The minimum atomic E-state index is -0.407. The zero-order valence-electron chi connectivity index (χ0n) is 21.0. The van der Waals surface area contributed by atoms with Crippen molar-refractivity contribution in [2.75, 3.05) is 12.4 Å². The molecule has 2 aliphatic heterocycles. The van der Waals surface area contributed by atoms with E-state index in [9.17, 15) is 9.18 Å². The first kappa shape index (κ1) is 23.6. The third-order valence-corrected chi connectivity index (χ3v) is 6.56. The van der Waals surface area contributed by atoms with Gasteiger partial charge in [-0.25, -0.2) is 4.39 Å². The molecule has 0 fully saturated rings. The van der Waals surface area contributed by atoms with Crippen LogP contribution in [0.2, 0.25) is 0 Å². The molecule has 0 radical (unpaired) electrons. The van der Waals surface area contributed by atoms with E-state index < -0.39 is 5.82 Å². The molecular formula is C29H28FN3O3. The number of ether oxygens (including phenoxy) is 1. The first-order chi connectivity index (χ1) is 17.2. The van der Waals surface area contributed by atoms with Crippen LogP contribution in [0.1, 0.15) is 50.0 Å². The van der Waals surface area contributed by atoms with Gasteiger partial charge in [-0.1, -0.05) is 17.3 Å². The van der Waals surface area contributed by atoms with Crippen LogP contribution in [-0.4, -0.2) is 24.8 Å². The molecule has 5 rings (SSSR count). The van der Waals surface area contributed by atoms with Gasteiger partial charge in [-0.05, 0) is 74.8 Å². The molecule has 2 heterocycles. The predicted octanol–water partition coefficient (Wildman–Crippen LogP) is 6.34. The molecule has 2 N–H and O–H groups in total. The van der Waals surface area contributed by atoms with Gasteiger partial charge in [0.25, 0.3) is 5.91 Å². The zero-order valence-corrected chi connectivity index (χ0v) is 21.0. The number of amides is 1. The Bertz CT molecular complexity index is 1440. The van der Waals surface area contributed by atoms with Gasteiger partial charge in [0.15, 0.2) is 5.76 Å². The summed E-state index contributed by atoms with van der Waals surface area (Å²) in [6, 6.07) is 8.20. The number of allylic oxidation sites excluding steroid dienone is 6. The van der Waals surface area contributed by atoms with Crippen LogP contribution >= 0.6 is 0 Å². The number of hydrogen-bond donors (Lipinski definition) is 2. The van der Waals surface area contributed by atoms with Gasteiger partial charge in [0, 0.05) is 40.6 Å². The van der Waals surface area contributed by atoms with Gasteiger partial charge in [0.05, 0.1) is 24.4 Å². The lowest BCUT2D eigenvalue weighted by atomic mass is 9.84. The Hall–Kier alpha value is -4.13. The summed E-state index contributed by atoms with van der Waals surface area (Å²) in [6.07, 6.45) is 7.95. The topological polar surface area (TPSA) is 72.0 Å². The van der Waals surface area contributed by atoms with E-state index in [1.54, 1.807) is 12.3 Å². The third-order valence-electron chi connectivity index (χ3n) is 6.56. The monoisotopic (exact) mass is 485 g/mol. The number of nitrogens with one attached hydrogen (secondary N) is 2. The molecule has 0 unspecified atom stereocenters. The second kappa shape index (κ2) is 8.82. The molecule has 0 aromatic heterocycles. The van der Waals surface area contributed by atoms with Crippen molar-refractivity contribution in [3.05, 3.63) is 88.1 Å². The van der Waals surface area contributed by atoms with Gasteiger partial charge in [-0.3, -0.25) is 4.79 Å². The fourth-order valence-electron chi connectivity index (χ4n) is 5.03. The molecule has 1 amide bonds. The maximum atomic E-state index is 14.0. The molecule has 7 heteroatoms. The molecule has 2 aromatic rings. The Kier molecular flexibility index (Phi) is 5.79. The molecule has 0 saturated heterocycles. The molecule has 1 aliphatic carbocycles. The first-order valence-corrected chi connectivity index (χ1v) is 11.8. The van der Waals surface area contributed by atoms with E-state index in [0.29, 0.717) is 34.6 Å². The number of anilines is 1. The number of benzene rings is 2. The summed E-state index contributed by atoms with van der Waals surface area (Å²) < 4.78 is 19.5. The summed E-state index contributed by atoms with van der Waals surface area (Å²) in [7, 11) is 1.49. The lowest BCUT2D eigenvalue weighted by Crippen LogP contribution is -2.33. The summed E-state index contributed by atoms with van der Waals surface area (Å²) in [5, 5.41) is 10.5. The number of oxime groups is 1. The second-order valence-corrected chi connectivity index (χ2v) is 9.77. The highest BCUT2D eigenvalue weighted by atomic mass is 19.1. The quantitative estimate of drug-likeness (QED) is 0.530. The smallest absolute Gasteiger partial charge is 0.256 e. The average molecular weight is 486 g/mol. The van der Waals surface area contributed by atoms with Crippen LogP contribution in [0.15, 0.2) is 76.3 Å². The van der Waals surface area contributed by atoms with Gasteiger partial charge < -0.3 is 20.2 Å². The fraction of sp³-hybridized carbons (Fsp3) is 0.241. The molecule has 36 heavy (non-hydrogen) atoms. The van der Waals surface area contributed by atoms with Crippen molar-refractivity contribution in [3.8, 4) is 16.9 Å². The van der Waals surface area contributed by atoms with Crippen molar-refractivity contribution in [2.45, 2.75) is 39.7 Å². The highest BCUT2D eigenvalue weighted by molar-refractivity contribution is 6.09. The molecule has 0 bridgehead atoms. The van der Waals surface area contributed by atoms with Crippen LogP contribution in [0.3, 0.4) is 0 Å². The summed E-state index contributed by atoms with van der Waals surface area (Å²) in [5.74, 6) is 0.385. The molecule has 0 atom stereocenters. The largest absolute Gasteiger partial charge is 0.496 e. The van der Waals surface area contributed by atoms with Crippen LogP contribution in [0.4, 0.5) is 10.1 Å². The number of fused-ring (bicyclic) bond motifs is 2. The van der Waals surface area contributed by atoms with Gasteiger partial charge in [-0.2, -0.15) is 0 Å². The number of rotatable bonds is 4. The van der Waals surface area contributed by atoms with Crippen molar-refractivity contribution >= 4 is 23.4 Å². The predicted molar refractivity (Wildman–Crippen MR) is 140 cm³/mol. The minimum absolute atomic E-state index is 0.255. The van der Waals surface area contributed by atoms with Crippen LogP contribution in [0.25, 0.3) is 16.7 Å². The maximum Gasteiger partial charge on any atom is 0.256 e. The normalized spacial score (nSPS) is 17.6. The van der Waals surface area contributed by atoms with Crippen LogP contribution in [0, 0.1) is 5.82 Å². The average Bonchev–Trinajstić information content (AvgIpc) is 2.83. The highest BCUT2D eigenvalue weighted by Crippen LogP contribution is 2.42. The van der Waals surface area contributed by atoms with E-state index >= 15 is 0 Å². The van der Waals surface area contributed by atoms with Crippen molar-refractivity contribution in [1.82, 2.24) is 5.32 Å². The van der Waals surface area contributed by atoms with E-state index in [-0.39, 0.29) is 11.4 Å². The van der Waals surface area contributed by atoms with Crippen molar-refractivity contribution in [1.29, 1.82) is 0 Å². The lowest BCUT2D eigenvalue weighted by molar-refractivity contribution is 0.0965. The zero-order chi connectivity index (χ0) is 25.6. The second-order valence-electron chi connectivity index (χ2n) is 9.77. The van der Waals surface area contributed by atoms with Gasteiger partial charge >= 0.3 is 0 Å². The Morgan fingerprint density at radius 3 is 2.72 bits per heavy atom. The first-order valence-electron chi connectivity index (χ1n) is 11.8. The van der Waals surface area contributed by atoms with E-state index in [1.807, 2.05) is 38.1 Å². The Labute approximate surface area is 209 Å². The molecule has 6 nitrogen and oxygen atoms in total. The van der Waals surface area contributed by atoms with Crippen LogP contribution in [0.5, 0.6) is 5.75 Å². The van der Waals surface area contributed by atoms with Crippen molar-refractivity contribution in [3.63, 3.8) is 0 Å². The molecule has 0 spiro atoms. The SMILES string of the molecule is COc1cc(F)ccc1-c1ccc2c(c1C(=O)NC1=CC=C3ON=CC(C)=C3C1)C(C)=CC(C)(C)N2. The molecule has 0 saturated carbocycles. The van der Waals surface area contributed by atoms with E-state index in [1.165, 1.54) is 19.2 Å². The van der Waals surface area contributed by atoms with Crippen LogP contribution < -0.4 is 15.4 Å². The highest BCUT2D eigenvalue weighted by Gasteiger charge is 2.30. The number of carbonyl (C=O) groups is 1. The summed E-state index contributed by atoms with van der Waals surface area (Å²) in [5.41, 5.74) is 6.92. The number of hydrogen-bond acceptors (Lipinski definition) is 5. The Morgan fingerprint density at radius 1 is 1.17 bits per heavy atom. The number of methoxy groups -OCH3 is 1. The number of nitrogens with zero attached hydrogens (tertiary/aromatic N) is 1. The molecule has 184 valence electrons. The Morgan fingerprint density at radius 2 is 1.94 bits per heavy atom. The summed E-state index contributed by atoms with van der Waals surface area (Å²) >= 11 is 0. The molecule has 3 aliphatic rings. The third kappa shape index (κ3) is 4.21. The van der Waals surface area contributed by atoms with E-state index in [2.05, 4.69) is 35.7 Å². The number of carbonyl (C=O) groups excluding carboxylic acids is 1. The maximum absolute atomic E-state index is 14.0. The lowest BCUT2D eigenvalue weighted by Gasteiger charge is -2.33. The standard InChI is InChI=1S/C29H28FN3O3/c1-16-14-29(3,4)33-23-10-9-21(20-8-6-18(30)12-25(20)35-5)27(26(16)23)28(34)32-19-7-11-24-22(13-19)17(2)15-31-36-24/h6-12,14-15,33H,13H2,1-5H3,(H,32,34). The fourth-order valence-corrected chi connectivity index (χ4v) is 5.03.